The average molecular weight is 196 g/mol. The fourth-order valence-corrected chi connectivity index (χ4v) is 0.668. The number of aliphatic hydroxyl groups is 3. The van der Waals surface area contributed by atoms with Crippen LogP contribution in [0.2, 0.25) is 0 Å². The van der Waals surface area contributed by atoms with E-state index in [0.717, 1.165) is 0 Å². The molecule has 0 aliphatic heterocycles. The van der Waals surface area contributed by atoms with Crippen molar-refractivity contribution < 1.29 is 15.3 Å². The van der Waals surface area contributed by atoms with Crippen molar-refractivity contribution in [2.45, 2.75) is 5.54 Å². The first kappa shape index (κ1) is 11.9. The van der Waals surface area contributed by atoms with Gasteiger partial charge >= 0.3 is 0 Å². The van der Waals surface area contributed by atoms with Gasteiger partial charge in [0.15, 0.2) is 0 Å². The highest BCUT2D eigenvalue weighted by molar-refractivity contribution is 6.29. The predicted molar refractivity (Wildman–Crippen MR) is 47.0 cm³/mol. The molecule has 0 aromatic heterocycles. The molecule has 4 N–H and O–H groups in total. The Morgan fingerprint density at radius 1 is 1.25 bits per heavy atom. The largest absolute Gasteiger partial charge is 0.394 e. The summed E-state index contributed by atoms with van der Waals surface area (Å²) in [5, 5.41) is 29.6. The van der Waals surface area contributed by atoms with Gasteiger partial charge in [0, 0.05) is 11.6 Å². The lowest BCUT2D eigenvalue weighted by Crippen LogP contribution is -2.55. The molecule has 0 amide bonds. The van der Waals surface area contributed by atoms with Gasteiger partial charge in [-0.15, -0.1) is 0 Å². The monoisotopic (exact) mass is 195 g/mol. The maximum absolute atomic E-state index is 8.83. The van der Waals surface area contributed by atoms with Crippen LogP contribution < -0.4 is 5.32 Å². The average Bonchev–Trinajstić information content (AvgIpc) is 2.08. The molecule has 0 atom stereocenters. The van der Waals surface area contributed by atoms with E-state index in [1.54, 1.807) is 0 Å². The van der Waals surface area contributed by atoms with Crippen LogP contribution in [0.5, 0.6) is 0 Å². The van der Waals surface area contributed by atoms with E-state index in [0.29, 0.717) is 5.03 Å². The van der Waals surface area contributed by atoms with Crippen LogP contribution in [0.15, 0.2) is 11.6 Å². The number of halogens is 1. The molecule has 0 aromatic carbocycles. The van der Waals surface area contributed by atoms with Gasteiger partial charge in [0.2, 0.25) is 0 Å². The van der Waals surface area contributed by atoms with Gasteiger partial charge in [-0.25, -0.2) is 0 Å². The third-order valence-corrected chi connectivity index (χ3v) is 1.70. The molecule has 0 rings (SSSR count). The fraction of sp³-hybridized carbons (Fsp3) is 0.714. The topological polar surface area (TPSA) is 72.7 Å². The highest BCUT2D eigenvalue weighted by atomic mass is 35.5. The van der Waals surface area contributed by atoms with Crippen molar-refractivity contribution in [1.82, 2.24) is 5.32 Å². The predicted octanol–water partition coefficient (Wildman–Crippen LogP) is -0.956. The summed E-state index contributed by atoms with van der Waals surface area (Å²) >= 11 is 5.45. The number of nitrogens with one attached hydrogen (secondary N) is 1. The van der Waals surface area contributed by atoms with Gasteiger partial charge in [-0.3, -0.25) is 0 Å². The molecule has 5 heteroatoms. The van der Waals surface area contributed by atoms with E-state index < -0.39 is 5.54 Å². The van der Waals surface area contributed by atoms with Gasteiger partial charge in [0.05, 0.1) is 25.4 Å². The van der Waals surface area contributed by atoms with Crippen molar-refractivity contribution in [1.29, 1.82) is 0 Å². The Morgan fingerprint density at radius 2 is 1.67 bits per heavy atom. The van der Waals surface area contributed by atoms with E-state index in [2.05, 4.69) is 11.9 Å². The molecule has 0 fully saturated rings. The molecule has 0 unspecified atom stereocenters. The summed E-state index contributed by atoms with van der Waals surface area (Å²) in [4.78, 5) is 0. The van der Waals surface area contributed by atoms with Crippen LogP contribution in [0, 0.1) is 0 Å². The standard InChI is InChI=1S/C7H14ClNO3/c1-6(8)2-9-7(3-10,4-11)5-12/h9-12H,1-5H2. The molecule has 0 spiro atoms. The normalized spacial score (nSPS) is 11.7. The van der Waals surface area contributed by atoms with E-state index in [9.17, 15) is 0 Å². The van der Waals surface area contributed by atoms with E-state index >= 15 is 0 Å². The van der Waals surface area contributed by atoms with Crippen LogP contribution in [0.1, 0.15) is 0 Å². The molecular formula is C7H14ClNO3. The lowest BCUT2D eigenvalue weighted by molar-refractivity contribution is 0.0450. The van der Waals surface area contributed by atoms with Crippen LogP contribution in [0.3, 0.4) is 0 Å². The summed E-state index contributed by atoms with van der Waals surface area (Å²) < 4.78 is 0. The third kappa shape index (κ3) is 3.51. The molecule has 0 saturated carbocycles. The van der Waals surface area contributed by atoms with Gasteiger partial charge in [0.25, 0.3) is 0 Å². The van der Waals surface area contributed by atoms with Crippen molar-refractivity contribution in [3.8, 4) is 0 Å². The van der Waals surface area contributed by atoms with E-state index in [4.69, 9.17) is 26.9 Å². The molecule has 0 heterocycles. The highest BCUT2D eigenvalue weighted by Gasteiger charge is 2.26. The molecular weight excluding hydrogens is 182 g/mol. The highest BCUT2D eigenvalue weighted by Crippen LogP contribution is 2.03. The molecule has 0 aliphatic carbocycles. The Morgan fingerprint density at radius 3 is 1.92 bits per heavy atom. The lowest BCUT2D eigenvalue weighted by atomic mass is 10.0. The van der Waals surface area contributed by atoms with Crippen molar-refractivity contribution in [3.63, 3.8) is 0 Å². The zero-order valence-corrected chi connectivity index (χ0v) is 7.51. The van der Waals surface area contributed by atoms with E-state index in [1.807, 2.05) is 0 Å². The summed E-state index contributed by atoms with van der Waals surface area (Å²) in [6, 6.07) is 0. The molecule has 0 saturated heterocycles. The van der Waals surface area contributed by atoms with Gasteiger partial charge in [-0.1, -0.05) is 18.2 Å². The van der Waals surface area contributed by atoms with Crippen LogP contribution in [0.4, 0.5) is 0 Å². The molecule has 0 radical (unpaired) electrons. The Labute approximate surface area is 76.5 Å². The van der Waals surface area contributed by atoms with Gasteiger partial charge in [-0.05, 0) is 0 Å². The number of aliphatic hydroxyl groups excluding tert-OH is 3. The summed E-state index contributed by atoms with van der Waals surface area (Å²) in [5.41, 5.74) is -1.07. The zero-order valence-electron chi connectivity index (χ0n) is 6.76. The Balaban J connectivity index is 4.01. The number of hydrogen-bond donors (Lipinski definition) is 4. The van der Waals surface area contributed by atoms with Crippen LogP contribution >= 0.6 is 11.6 Å². The summed E-state index contributed by atoms with van der Waals surface area (Å²) in [7, 11) is 0. The minimum absolute atomic E-state index is 0.239. The molecule has 0 aliphatic rings. The molecule has 12 heavy (non-hydrogen) atoms. The first-order valence-corrected chi connectivity index (χ1v) is 3.89. The van der Waals surface area contributed by atoms with Gasteiger partial charge in [0.1, 0.15) is 0 Å². The van der Waals surface area contributed by atoms with Crippen LogP contribution in [0.25, 0.3) is 0 Å². The Kier molecular flexibility index (Phi) is 5.44. The first-order valence-electron chi connectivity index (χ1n) is 3.51. The van der Waals surface area contributed by atoms with E-state index in [-0.39, 0.29) is 26.4 Å². The number of rotatable bonds is 6. The van der Waals surface area contributed by atoms with Crippen molar-refractivity contribution >= 4 is 11.6 Å². The smallest absolute Gasteiger partial charge is 0.0884 e. The Bertz CT molecular complexity index is 139. The molecule has 72 valence electrons. The minimum Gasteiger partial charge on any atom is -0.394 e. The SMILES string of the molecule is C=C(Cl)CNC(CO)(CO)CO. The van der Waals surface area contributed by atoms with Gasteiger partial charge < -0.3 is 20.6 Å². The third-order valence-electron chi connectivity index (χ3n) is 1.56. The Hall–Kier alpha value is -0.130. The second-order valence-corrected chi connectivity index (χ2v) is 3.16. The van der Waals surface area contributed by atoms with Gasteiger partial charge in [-0.2, -0.15) is 0 Å². The second-order valence-electron chi connectivity index (χ2n) is 2.63. The summed E-state index contributed by atoms with van der Waals surface area (Å²) in [6.45, 7) is 2.59. The molecule has 0 bridgehead atoms. The van der Waals surface area contributed by atoms with Crippen LogP contribution in [-0.2, 0) is 0 Å². The number of hydrogen-bond acceptors (Lipinski definition) is 4. The maximum atomic E-state index is 8.83. The maximum Gasteiger partial charge on any atom is 0.0884 e. The quantitative estimate of drug-likeness (QED) is 0.441. The summed E-state index contributed by atoms with van der Waals surface area (Å²) in [6.07, 6.45) is 0. The lowest BCUT2D eigenvalue weighted by Gasteiger charge is -2.28. The fourth-order valence-electron chi connectivity index (χ4n) is 0.601. The first-order chi connectivity index (χ1) is 5.60. The van der Waals surface area contributed by atoms with Crippen molar-refractivity contribution in [2.75, 3.05) is 26.4 Å². The molecule has 4 nitrogen and oxygen atoms in total. The van der Waals surface area contributed by atoms with E-state index in [1.165, 1.54) is 0 Å². The summed E-state index contributed by atoms with van der Waals surface area (Å²) in [5.74, 6) is 0. The minimum atomic E-state index is -1.07. The van der Waals surface area contributed by atoms with Crippen molar-refractivity contribution in [3.05, 3.63) is 11.6 Å². The van der Waals surface area contributed by atoms with Crippen LogP contribution in [-0.4, -0.2) is 47.2 Å². The zero-order chi connectivity index (χ0) is 9.61. The van der Waals surface area contributed by atoms with Crippen molar-refractivity contribution in [2.24, 2.45) is 0 Å². The second kappa shape index (κ2) is 5.50. The molecule has 0 aromatic rings.